The highest BCUT2D eigenvalue weighted by Crippen LogP contribution is 2.32. The number of alkyl halides is 3. The molecule has 2 fully saturated rings. The summed E-state index contributed by atoms with van der Waals surface area (Å²) in [6.45, 7) is 2.70. The number of β-amino-alcohol motifs (C(OH)–C–C–N with tert-alkyl or cyclic N) is 1. The van der Waals surface area contributed by atoms with Crippen LogP contribution >= 0.6 is 11.3 Å². The minimum Gasteiger partial charge on any atom is -0.475 e. The predicted octanol–water partition coefficient (Wildman–Crippen LogP) is 0.516. The smallest absolute Gasteiger partial charge is 0.475 e. The summed E-state index contributed by atoms with van der Waals surface area (Å²) >= 11 is 1.52. The number of carbonyl (C=O) groups excluding carboxylic acids is 1. The van der Waals surface area contributed by atoms with Crippen LogP contribution in [0.1, 0.15) is 23.6 Å². The number of rotatable bonds is 3. The van der Waals surface area contributed by atoms with Crippen LogP contribution in [0.25, 0.3) is 0 Å². The van der Waals surface area contributed by atoms with Crippen molar-refractivity contribution < 1.29 is 33.0 Å². The van der Waals surface area contributed by atoms with Crippen molar-refractivity contribution in [3.63, 3.8) is 0 Å². The Labute approximate surface area is 150 Å². The highest BCUT2D eigenvalue weighted by molar-refractivity contribution is 7.15. The number of hydrogen-bond acceptors (Lipinski definition) is 7. The van der Waals surface area contributed by atoms with Gasteiger partial charge in [0.1, 0.15) is 0 Å². The molecule has 0 unspecified atom stereocenters. The molecule has 2 aliphatic rings. The topological polar surface area (TPSA) is 124 Å². The maximum Gasteiger partial charge on any atom is 0.490 e. The summed E-state index contributed by atoms with van der Waals surface area (Å²) < 4.78 is 31.7. The van der Waals surface area contributed by atoms with E-state index in [1.165, 1.54) is 16.2 Å². The summed E-state index contributed by atoms with van der Waals surface area (Å²) in [7, 11) is 0. The SMILES string of the molecule is O=C(Nc1ncc(C2CCNCC2)s1)C1(O)CNC1.O=C(O)C(F)(F)F. The van der Waals surface area contributed by atoms with Crippen molar-refractivity contribution in [2.45, 2.75) is 30.5 Å². The number of amides is 1. The number of halogens is 3. The third-order valence-electron chi connectivity index (χ3n) is 3.99. The summed E-state index contributed by atoms with van der Waals surface area (Å²) in [5, 5.41) is 26.5. The molecule has 0 aliphatic carbocycles. The molecule has 0 bridgehead atoms. The normalized spacial score (nSPS) is 19.7. The minimum atomic E-state index is -5.08. The number of aromatic nitrogens is 1. The van der Waals surface area contributed by atoms with E-state index in [1.807, 2.05) is 6.20 Å². The lowest BCUT2D eigenvalue weighted by Gasteiger charge is -2.35. The third-order valence-corrected chi connectivity index (χ3v) is 5.06. The molecule has 0 aromatic carbocycles. The molecule has 0 spiro atoms. The number of hydrogen-bond donors (Lipinski definition) is 5. The number of piperidine rings is 1. The Morgan fingerprint density at radius 2 is 1.85 bits per heavy atom. The quantitative estimate of drug-likeness (QED) is 0.505. The van der Waals surface area contributed by atoms with Crippen molar-refractivity contribution >= 4 is 28.3 Å². The Morgan fingerprint density at radius 3 is 2.31 bits per heavy atom. The number of nitrogens with zero attached hydrogens (tertiary/aromatic N) is 1. The maximum atomic E-state index is 11.9. The van der Waals surface area contributed by atoms with Gasteiger partial charge in [-0.2, -0.15) is 13.2 Å². The first-order valence-corrected chi connectivity index (χ1v) is 8.64. The Morgan fingerprint density at radius 1 is 1.27 bits per heavy atom. The van der Waals surface area contributed by atoms with E-state index in [2.05, 4.69) is 20.9 Å². The van der Waals surface area contributed by atoms with Crippen LogP contribution in [0, 0.1) is 0 Å². The van der Waals surface area contributed by atoms with Gasteiger partial charge < -0.3 is 20.8 Å². The van der Waals surface area contributed by atoms with Crippen LogP contribution in [0.4, 0.5) is 18.3 Å². The van der Waals surface area contributed by atoms with E-state index in [0.717, 1.165) is 25.9 Å². The molecule has 0 radical (unpaired) electrons. The zero-order valence-electron chi connectivity index (χ0n) is 13.6. The molecule has 3 heterocycles. The molecule has 2 aliphatic heterocycles. The average molecular weight is 396 g/mol. The van der Waals surface area contributed by atoms with Gasteiger partial charge in [0.25, 0.3) is 5.91 Å². The van der Waals surface area contributed by atoms with Crippen molar-refractivity contribution in [1.82, 2.24) is 15.6 Å². The number of carboxylic acid groups (broad SMARTS) is 1. The van der Waals surface area contributed by atoms with Crippen LogP contribution < -0.4 is 16.0 Å². The first-order valence-electron chi connectivity index (χ1n) is 7.83. The number of carbonyl (C=O) groups is 2. The van der Waals surface area contributed by atoms with Crippen LogP contribution in [0.3, 0.4) is 0 Å². The minimum absolute atomic E-state index is 0.311. The van der Waals surface area contributed by atoms with Crippen LogP contribution in [-0.4, -0.2) is 65.0 Å². The van der Waals surface area contributed by atoms with Crippen LogP contribution in [0.2, 0.25) is 0 Å². The molecule has 12 heteroatoms. The fraction of sp³-hybridized carbons (Fsp3) is 0.643. The van der Waals surface area contributed by atoms with E-state index in [-0.39, 0.29) is 5.91 Å². The number of thiazole rings is 1. The Hall–Kier alpha value is -1.76. The van der Waals surface area contributed by atoms with Gasteiger partial charge >= 0.3 is 12.1 Å². The van der Waals surface area contributed by atoms with Gasteiger partial charge in [-0.25, -0.2) is 9.78 Å². The number of aliphatic hydroxyl groups is 1. The molecule has 0 atom stereocenters. The summed E-state index contributed by atoms with van der Waals surface area (Å²) in [5.41, 5.74) is -1.26. The lowest BCUT2D eigenvalue weighted by Crippen LogP contribution is -2.65. The van der Waals surface area contributed by atoms with Crippen LogP contribution in [-0.2, 0) is 9.59 Å². The predicted molar refractivity (Wildman–Crippen MR) is 87.1 cm³/mol. The molecule has 2 saturated heterocycles. The maximum absolute atomic E-state index is 11.9. The van der Waals surface area contributed by atoms with E-state index >= 15 is 0 Å². The van der Waals surface area contributed by atoms with E-state index in [4.69, 9.17) is 9.90 Å². The Bertz CT molecular complexity index is 642. The summed E-state index contributed by atoms with van der Waals surface area (Å²) in [5.74, 6) is -2.58. The molecule has 26 heavy (non-hydrogen) atoms. The van der Waals surface area contributed by atoms with Crippen molar-refractivity contribution in [2.24, 2.45) is 0 Å². The highest BCUT2D eigenvalue weighted by atomic mass is 32.1. The fourth-order valence-corrected chi connectivity index (χ4v) is 3.36. The third kappa shape index (κ3) is 5.37. The molecule has 8 nitrogen and oxygen atoms in total. The molecule has 146 valence electrons. The van der Waals surface area contributed by atoms with Crippen LogP contribution in [0.15, 0.2) is 6.20 Å². The van der Waals surface area contributed by atoms with E-state index in [0.29, 0.717) is 24.1 Å². The van der Waals surface area contributed by atoms with Gasteiger partial charge in [-0.3, -0.25) is 10.1 Å². The second kappa shape index (κ2) is 8.29. The Kier molecular flexibility index (Phi) is 6.55. The summed E-state index contributed by atoms with van der Waals surface area (Å²) in [4.78, 5) is 26.2. The zero-order chi connectivity index (χ0) is 19.4. The zero-order valence-corrected chi connectivity index (χ0v) is 14.4. The number of aliphatic carboxylic acids is 1. The first-order chi connectivity index (χ1) is 12.1. The van der Waals surface area contributed by atoms with Gasteiger partial charge in [0.05, 0.1) is 0 Å². The molecule has 1 aromatic heterocycles. The van der Waals surface area contributed by atoms with Crippen molar-refractivity contribution in [1.29, 1.82) is 0 Å². The van der Waals surface area contributed by atoms with Gasteiger partial charge in [-0.1, -0.05) is 0 Å². The van der Waals surface area contributed by atoms with Gasteiger partial charge in [-0.15, -0.1) is 11.3 Å². The Balaban J connectivity index is 0.000000298. The molecule has 1 amide bonds. The second-order valence-corrected chi connectivity index (χ2v) is 7.05. The first kappa shape index (κ1) is 20.6. The molecule has 0 saturated carbocycles. The van der Waals surface area contributed by atoms with Gasteiger partial charge in [-0.05, 0) is 31.8 Å². The number of carboxylic acids is 1. The summed E-state index contributed by atoms with van der Waals surface area (Å²) in [6, 6.07) is 0. The van der Waals surface area contributed by atoms with E-state index < -0.39 is 17.7 Å². The summed E-state index contributed by atoms with van der Waals surface area (Å²) in [6.07, 6.45) is -1.01. The molecular weight excluding hydrogens is 377 g/mol. The number of nitrogens with one attached hydrogen (secondary N) is 3. The van der Waals surface area contributed by atoms with Crippen molar-refractivity contribution in [2.75, 3.05) is 31.5 Å². The molecular formula is C14H19F3N4O4S. The molecule has 3 rings (SSSR count). The van der Waals surface area contributed by atoms with Crippen LogP contribution in [0.5, 0.6) is 0 Å². The molecule has 1 aromatic rings. The van der Waals surface area contributed by atoms with Gasteiger partial charge in [0, 0.05) is 24.2 Å². The lowest BCUT2D eigenvalue weighted by molar-refractivity contribution is -0.192. The van der Waals surface area contributed by atoms with Gasteiger partial charge in [0.15, 0.2) is 10.7 Å². The largest absolute Gasteiger partial charge is 0.490 e. The lowest BCUT2D eigenvalue weighted by atomic mass is 9.96. The average Bonchev–Trinajstić information content (AvgIpc) is 3.01. The van der Waals surface area contributed by atoms with E-state index in [1.54, 1.807) is 0 Å². The van der Waals surface area contributed by atoms with Crippen molar-refractivity contribution in [3.05, 3.63) is 11.1 Å². The second-order valence-electron chi connectivity index (χ2n) is 5.98. The fourth-order valence-electron chi connectivity index (χ4n) is 2.38. The van der Waals surface area contributed by atoms with E-state index in [9.17, 15) is 23.1 Å². The number of anilines is 1. The van der Waals surface area contributed by atoms with Crippen molar-refractivity contribution in [3.8, 4) is 0 Å². The monoisotopic (exact) mass is 396 g/mol. The highest BCUT2D eigenvalue weighted by Gasteiger charge is 2.42. The standard InChI is InChI=1S/C12H18N4O2S.C2HF3O2/c17-10(12(18)6-14-7-12)16-11-15-5-9(19-11)8-1-3-13-4-2-8;3-2(4,5)1(6)7/h5,8,13-14,18H,1-4,6-7H2,(H,15,16,17);(H,6,7). The molecule has 5 N–H and O–H groups in total. The van der Waals surface area contributed by atoms with Gasteiger partial charge in [0.2, 0.25) is 0 Å².